The van der Waals surface area contributed by atoms with Crippen LogP contribution >= 0.6 is 11.8 Å². The maximum absolute atomic E-state index is 11.7. The second kappa shape index (κ2) is 5.83. The molecule has 3 rings (SSSR count). The third kappa shape index (κ3) is 2.60. The number of amides is 1. The van der Waals surface area contributed by atoms with Crippen molar-refractivity contribution in [1.82, 2.24) is 19.9 Å². The smallest absolute Gasteiger partial charge is 0.361 e. The molecule has 0 aromatic carbocycles. The van der Waals surface area contributed by atoms with Crippen LogP contribution in [0.15, 0.2) is 6.20 Å². The van der Waals surface area contributed by atoms with Crippen LogP contribution in [0.5, 0.6) is 0 Å². The number of carbonyl (C=O) groups excluding carboxylic acids is 2. The lowest BCUT2D eigenvalue weighted by atomic mass is 9.96. The van der Waals surface area contributed by atoms with E-state index in [1.807, 2.05) is 0 Å². The zero-order valence-electron chi connectivity index (χ0n) is 12.7. The number of carboxylic acids is 1. The molecule has 0 radical (unpaired) electrons. The van der Waals surface area contributed by atoms with Gasteiger partial charge in [-0.1, -0.05) is 11.1 Å². The summed E-state index contributed by atoms with van der Waals surface area (Å²) >= 11 is 1.42. The van der Waals surface area contributed by atoms with Gasteiger partial charge in [-0.2, -0.15) is 0 Å². The highest BCUT2D eigenvalue weighted by Gasteiger charge is 2.60. The Bertz CT molecular complexity index is 757. The highest BCUT2D eigenvalue weighted by Crippen LogP contribution is 2.51. The Labute approximate surface area is 141 Å². The van der Waals surface area contributed by atoms with E-state index in [1.165, 1.54) is 27.5 Å². The molecule has 0 aliphatic carbocycles. The number of esters is 1. The molecule has 3 heterocycles. The zero-order valence-corrected chi connectivity index (χ0v) is 13.5. The number of carbonyl (C=O) groups is 3. The highest BCUT2D eigenvalue weighted by molar-refractivity contribution is 8.01. The summed E-state index contributed by atoms with van der Waals surface area (Å²) in [6, 6.07) is -0.949. The van der Waals surface area contributed by atoms with E-state index < -0.39 is 22.7 Å². The topological polar surface area (TPSA) is 115 Å². The number of thioether (sulfide) groups is 1. The number of rotatable bonds is 5. The average Bonchev–Trinajstić information content (AvgIpc) is 3.05. The maximum Gasteiger partial charge on any atom is 0.361 e. The van der Waals surface area contributed by atoms with E-state index in [1.54, 1.807) is 6.92 Å². The van der Waals surface area contributed by atoms with Crippen LogP contribution in [0.3, 0.4) is 0 Å². The van der Waals surface area contributed by atoms with Crippen molar-refractivity contribution in [2.75, 3.05) is 6.61 Å². The van der Waals surface area contributed by atoms with Gasteiger partial charge in [-0.25, -0.2) is 9.59 Å². The molecule has 0 bridgehead atoms. The third-order valence-electron chi connectivity index (χ3n) is 3.95. The lowest BCUT2D eigenvalue weighted by Crippen LogP contribution is -2.58. The van der Waals surface area contributed by atoms with Gasteiger partial charge in [0, 0.05) is 0 Å². The SMILES string of the molecule is C#CCOC(=O)c1cn(CC2(C)SC3CC(=O)N3C2C(=O)O)nn1. The maximum atomic E-state index is 11.7. The molecular formula is C14H14N4O5S. The zero-order chi connectivity index (χ0) is 17.5. The highest BCUT2D eigenvalue weighted by atomic mass is 32.2. The van der Waals surface area contributed by atoms with Gasteiger partial charge in [0.2, 0.25) is 5.91 Å². The molecule has 3 atom stereocenters. The number of fused-ring (bicyclic) bond motifs is 1. The van der Waals surface area contributed by atoms with Gasteiger partial charge in [0.15, 0.2) is 12.3 Å². The molecule has 9 nitrogen and oxygen atoms in total. The fraction of sp³-hybridized carbons (Fsp3) is 0.500. The molecule has 2 aliphatic heterocycles. The second-order valence-corrected chi connectivity index (χ2v) is 7.43. The van der Waals surface area contributed by atoms with Gasteiger partial charge in [0.05, 0.1) is 29.3 Å². The number of terminal acetylenes is 1. The molecule has 24 heavy (non-hydrogen) atoms. The van der Waals surface area contributed by atoms with Crippen LogP contribution in [0.25, 0.3) is 0 Å². The van der Waals surface area contributed by atoms with Gasteiger partial charge in [0.25, 0.3) is 0 Å². The van der Waals surface area contributed by atoms with E-state index in [-0.39, 0.29) is 30.1 Å². The minimum Gasteiger partial charge on any atom is -0.480 e. The lowest BCUT2D eigenvalue weighted by molar-refractivity contribution is -0.157. The molecule has 1 aromatic rings. The predicted molar refractivity (Wildman–Crippen MR) is 81.8 cm³/mol. The number of aromatic nitrogens is 3. The van der Waals surface area contributed by atoms with Gasteiger partial charge < -0.3 is 14.7 Å². The van der Waals surface area contributed by atoms with E-state index in [2.05, 4.69) is 16.2 Å². The monoisotopic (exact) mass is 350 g/mol. The number of nitrogens with zero attached hydrogens (tertiary/aromatic N) is 4. The van der Waals surface area contributed by atoms with Crippen LogP contribution in [-0.2, 0) is 20.9 Å². The third-order valence-corrected chi connectivity index (χ3v) is 5.51. The fourth-order valence-corrected chi connectivity index (χ4v) is 4.71. The van der Waals surface area contributed by atoms with Crippen molar-refractivity contribution >= 4 is 29.6 Å². The summed E-state index contributed by atoms with van der Waals surface area (Å²) in [6.07, 6.45) is 6.73. The van der Waals surface area contributed by atoms with Gasteiger partial charge in [0.1, 0.15) is 6.04 Å². The Kier molecular flexibility index (Phi) is 3.96. The molecule has 3 unspecified atom stereocenters. The summed E-state index contributed by atoms with van der Waals surface area (Å²) in [5, 5.41) is 16.9. The van der Waals surface area contributed by atoms with Crippen molar-refractivity contribution in [2.24, 2.45) is 0 Å². The van der Waals surface area contributed by atoms with Crippen molar-refractivity contribution in [3.05, 3.63) is 11.9 Å². The second-order valence-electron chi connectivity index (χ2n) is 5.71. The summed E-state index contributed by atoms with van der Waals surface area (Å²) in [5.41, 5.74) is -0.0110. The molecule has 2 aliphatic rings. The van der Waals surface area contributed by atoms with Gasteiger partial charge in [-0.15, -0.1) is 23.3 Å². The molecule has 2 fully saturated rings. The first-order chi connectivity index (χ1) is 11.4. The summed E-state index contributed by atoms with van der Waals surface area (Å²) in [5.74, 6) is 0.251. The molecule has 1 aromatic heterocycles. The number of hydrogen-bond donors (Lipinski definition) is 1. The Morgan fingerprint density at radius 1 is 1.62 bits per heavy atom. The molecule has 0 spiro atoms. The Morgan fingerprint density at radius 2 is 2.38 bits per heavy atom. The molecular weight excluding hydrogens is 336 g/mol. The molecule has 10 heteroatoms. The minimum absolute atomic E-state index is 0.0110. The summed E-state index contributed by atoms with van der Waals surface area (Å²) in [4.78, 5) is 36.4. The summed E-state index contributed by atoms with van der Waals surface area (Å²) in [7, 11) is 0. The van der Waals surface area contributed by atoms with Crippen molar-refractivity contribution in [3.63, 3.8) is 0 Å². The average molecular weight is 350 g/mol. The normalized spacial score (nSPS) is 28.0. The van der Waals surface area contributed by atoms with Crippen molar-refractivity contribution < 1.29 is 24.2 Å². The van der Waals surface area contributed by atoms with Gasteiger partial charge in [-0.05, 0) is 6.92 Å². The first kappa shape index (κ1) is 16.3. The van der Waals surface area contributed by atoms with Gasteiger partial charge in [-0.3, -0.25) is 9.48 Å². The first-order valence-electron chi connectivity index (χ1n) is 7.08. The Hall–Kier alpha value is -2.54. The number of ether oxygens (including phenoxy) is 1. The van der Waals surface area contributed by atoms with E-state index in [0.29, 0.717) is 6.42 Å². The van der Waals surface area contributed by atoms with Crippen LogP contribution in [0, 0.1) is 12.3 Å². The van der Waals surface area contributed by atoms with Crippen LogP contribution in [0.4, 0.5) is 0 Å². The van der Waals surface area contributed by atoms with E-state index in [0.717, 1.165) is 0 Å². The van der Waals surface area contributed by atoms with Crippen molar-refractivity contribution in [1.29, 1.82) is 0 Å². The van der Waals surface area contributed by atoms with Crippen molar-refractivity contribution in [3.8, 4) is 12.3 Å². The predicted octanol–water partition coefficient (Wildman–Crippen LogP) is -0.415. The lowest BCUT2D eigenvalue weighted by Gasteiger charge is -2.36. The number of β-lactam (4-membered cyclic amide) rings is 1. The fourth-order valence-electron chi connectivity index (χ4n) is 2.96. The van der Waals surface area contributed by atoms with Crippen LogP contribution in [-0.4, -0.2) is 65.6 Å². The van der Waals surface area contributed by atoms with Crippen LogP contribution in [0.2, 0.25) is 0 Å². The van der Waals surface area contributed by atoms with E-state index in [4.69, 9.17) is 11.2 Å². The molecule has 0 saturated carbocycles. The van der Waals surface area contributed by atoms with Crippen LogP contribution < -0.4 is 0 Å². The molecule has 1 N–H and O–H groups in total. The van der Waals surface area contributed by atoms with Crippen LogP contribution in [0.1, 0.15) is 23.8 Å². The van der Waals surface area contributed by atoms with E-state index in [9.17, 15) is 19.5 Å². The Balaban J connectivity index is 1.77. The summed E-state index contributed by atoms with van der Waals surface area (Å²) < 4.78 is 5.36. The number of hydrogen-bond acceptors (Lipinski definition) is 7. The van der Waals surface area contributed by atoms with E-state index >= 15 is 0 Å². The molecule has 126 valence electrons. The number of carboxylic acid groups (broad SMARTS) is 1. The first-order valence-corrected chi connectivity index (χ1v) is 7.96. The molecule has 1 amide bonds. The van der Waals surface area contributed by atoms with Gasteiger partial charge >= 0.3 is 11.9 Å². The molecule has 2 saturated heterocycles. The summed E-state index contributed by atoms with van der Waals surface area (Å²) in [6.45, 7) is 1.78. The largest absolute Gasteiger partial charge is 0.480 e. The quantitative estimate of drug-likeness (QED) is 0.433. The Morgan fingerprint density at radius 3 is 3.00 bits per heavy atom. The van der Waals surface area contributed by atoms with Crippen molar-refractivity contribution in [2.45, 2.75) is 36.1 Å². The number of aliphatic carboxylic acids is 1. The standard InChI is InChI=1S/C14H14N4O5S/c1-3-4-23-13(22)8-6-17(16-15-8)7-14(2)11(12(20)21)18-9(19)5-10(18)24-14/h1,6,10-11H,4-5,7H2,2H3,(H,20,21). The minimum atomic E-state index is -1.06.